The molecule has 1 saturated carbocycles. The smallest absolute Gasteiger partial charge is 0.341 e. The normalized spacial score (nSPS) is 13.2. The number of hydrogen-bond acceptors (Lipinski definition) is 5. The average Bonchev–Trinajstić information content (AvgIpc) is 3.41. The monoisotopic (exact) mass is 376 g/mol. The molecular weight excluding hydrogens is 359 g/mol. The number of esters is 1. The molecule has 2 amide bonds. The van der Waals surface area contributed by atoms with E-state index >= 15 is 0 Å². The topological polar surface area (TPSA) is 84.5 Å². The molecule has 136 valence electrons. The molecule has 0 spiro atoms. The van der Waals surface area contributed by atoms with Crippen molar-refractivity contribution in [2.24, 2.45) is 5.92 Å². The van der Waals surface area contributed by atoms with E-state index in [1.807, 2.05) is 0 Å². The van der Waals surface area contributed by atoms with Gasteiger partial charge in [0.1, 0.15) is 10.8 Å². The van der Waals surface area contributed by atoms with E-state index < -0.39 is 17.7 Å². The van der Waals surface area contributed by atoms with Crippen molar-refractivity contribution in [2.75, 3.05) is 17.7 Å². The summed E-state index contributed by atoms with van der Waals surface area (Å²) in [5.74, 6) is -1.68. The predicted octanol–water partition coefficient (Wildman–Crippen LogP) is 3.58. The highest BCUT2D eigenvalue weighted by Crippen LogP contribution is 2.37. The van der Waals surface area contributed by atoms with E-state index in [4.69, 9.17) is 4.74 Å². The Labute approximate surface area is 153 Å². The van der Waals surface area contributed by atoms with Crippen LogP contribution in [0.4, 0.5) is 15.1 Å². The molecule has 8 heteroatoms. The van der Waals surface area contributed by atoms with Crippen LogP contribution in [0.2, 0.25) is 0 Å². The number of thiophene rings is 1. The predicted molar refractivity (Wildman–Crippen MR) is 96.1 cm³/mol. The fraction of sp³-hybridized carbons (Fsp3) is 0.278. The van der Waals surface area contributed by atoms with Gasteiger partial charge in [-0.3, -0.25) is 9.59 Å². The van der Waals surface area contributed by atoms with Crippen molar-refractivity contribution in [1.82, 2.24) is 0 Å². The van der Waals surface area contributed by atoms with Gasteiger partial charge in [-0.25, -0.2) is 9.18 Å². The molecule has 0 atom stereocenters. The number of hydrogen-bond donors (Lipinski definition) is 2. The van der Waals surface area contributed by atoms with Crippen LogP contribution in [0.5, 0.6) is 0 Å². The summed E-state index contributed by atoms with van der Waals surface area (Å²) in [6, 6.07) is 5.34. The molecule has 1 aliphatic rings. The quantitative estimate of drug-likeness (QED) is 0.781. The van der Waals surface area contributed by atoms with Gasteiger partial charge >= 0.3 is 5.97 Å². The highest BCUT2D eigenvalue weighted by atomic mass is 32.1. The number of carbonyl (C=O) groups excluding carboxylic acids is 3. The lowest BCUT2D eigenvalue weighted by atomic mass is 10.1. The van der Waals surface area contributed by atoms with E-state index in [0.29, 0.717) is 16.3 Å². The van der Waals surface area contributed by atoms with Crippen molar-refractivity contribution in [3.63, 3.8) is 0 Å². The molecule has 1 aromatic heterocycles. The van der Waals surface area contributed by atoms with Crippen molar-refractivity contribution in [2.45, 2.75) is 19.8 Å². The Hall–Kier alpha value is -2.74. The molecule has 3 rings (SSSR count). The molecular formula is C18H17FN2O4S. The number of benzene rings is 1. The largest absolute Gasteiger partial charge is 0.465 e. The van der Waals surface area contributed by atoms with E-state index in [1.165, 1.54) is 31.4 Å². The Kier molecular flexibility index (Phi) is 5.03. The third-order valence-electron chi connectivity index (χ3n) is 4.03. The van der Waals surface area contributed by atoms with Crippen molar-refractivity contribution in [3.05, 3.63) is 46.1 Å². The molecule has 0 bridgehead atoms. The van der Waals surface area contributed by atoms with Gasteiger partial charge in [0.15, 0.2) is 0 Å². The first-order chi connectivity index (χ1) is 12.4. The van der Waals surface area contributed by atoms with Crippen molar-refractivity contribution in [1.29, 1.82) is 0 Å². The van der Waals surface area contributed by atoms with E-state index in [2.05, 4.69) is 10.6 Å². The van der Waals surface area contributed by atoms with E-state index in [9.17, 15) is 18.8 Å². The fourth-order valence-electron chi connectivity index (χ4n) is 2.45. The van der Waals surface area contributed by atoms with Gasteiger partial charge in [-0.15, -0.1) is 11.3 Å². The molecule has 1 aromatic carbocycles. The number of amides is 2. The molecule has 0 saturated heterocycles. The summed E-state index contributed by atoms with van der Waals surface area (Å²) in [4.78, 5) is 37.0. The zero-order valence-corrected chi connectivity index (χ0v) is 15.0. The number of nitrogens with one attached hydrogen (secondary N) is 2. The third kappa shape index (κ3) is 3.75. The highest BCUT2D eigenvalue weighted by Gasteiger charge is 2.32. The molecule has 1 aliphatic carbocycles. The summed E-state index contributed by atoms with van der Waals surface area (Å²) < 4.78 is 17.8. The van der Waals surface area contributed by atoms with Crippen LogP contribution in [0, 0.1) is 18.7 Å². The minimum Gasteiger partial charge on any atom is -0.465 e. The Morgan fingerprint density at radius 2 is 1.81 bits per heavy atom. The maximum atomic E-state index is 13.0. The zero-order chi connectivity index (χ0) is 18.8. The van der Waals surface area contributed by atoms with Gasteiger partial charge in [-0.05, 0) is 49.6 Å². The summed E-state index contributed by atoms with van der Waals surface area (Å²) in [5, 5.41) is 5.68. The van der Waals surface area contributed by atoms with Gasteiger partial charge in [0, 0.05) is 11.6 Å². The molecule has 0 unspecified atom stereocenters. The standard InChI is InChI=1S/C18H17FN2O4S/c1-9-13(18(24)25-2)17(21-15(22)10-3-4-10)26-14(9)16(23)20-12-7-5-11(19)6-8-12/h5-8,10H,3-4H2,1-2H3,(H,20,23)(H,21,22). The van der Waals surface area contributed by atoms with Crippen LogP contribution in [0.1, 0.15) is 38.4 Å². The van der Waals surface area contributed by atoms with E-state index in [0.717, 1.165) is 24.2 Å². The number of methoxy groups -OCH3 is 1. The molecule has 1 fully saturated rings. The highest BCUT2D eigenvalue weighted by molar-refractivity contribution is 7.18. The van der Waals surface area contributed by atoms with E-state index in [-0.39, 0.29) is 22.3 Å². The van der Waals surface area contributed by atoms with Crippen LogP contribution in [0.3, 0.4) is 0 Å². The second-order valence-electron chi connectivity index (χ2n) is 5.98. The van der Waals surface area contributed by atoms with Crippen LogP contribution in [0.25, 0.3) is 0 Å². The minimum absolute atomic E-state index is 0.0422. The number of ether oxygens (including phenoxy) is 1. The maximum Gasteiger partial charge on any atom is 0.341 e. The lowest BCUT2D eigenvalue weighted by Crippen LogP contribution is -2.15. The zero-order valence-electron chi connectivity index (χ0n) is 14.2. The van der Waals surface area contributed by atoms with Gasteiger partial charge < -0.3 is 15.4 Å². The summed E-state index contributed by atoms with van der Waals surface area (Å²) in [7, 11) is 1.24. The lowest BCUT2D eigenvalue weighted by molar-refractivity contribution is -0.117. The maximum absolute atomic E-state index is 13.0. The van der Waals surface area contributed by atoms with Crippen molar-refractivity contribution in [3.8, 4) is 0 Å². The van der Waals surface area contributed by atoms with Gasteiger partial charge in [0.25, 0.3) is 5.91 Å². The third-order valence-corrected chi connectivity index (χ3v) is 5.24. The van der Waals surface area contributed by atoms with Crippen LogP contribution >= 0.6 is 11.3 Å². The first-order valence-electron chi connectivity index (χ1n) is 8.00. The first-order valence-corrected chi connectivity index (χ1v) is 8.82. The molecule has 26 heavy (non-hydrogen) atoms. The summed E-state index contributed by atoms with van der Waals surface area (Å²) in [5.41, 5.74) is 1.02. The number of halogens is 1. The Balaban J connectivity index is 1.89. The SMILES string of the molecule is COC(=O)c1c(NC(=O)C2CC2)sc(C(=O)Nc2ccc(F)cc2)c1C. The van der Waals surface area contributed by atoms with Crippen molar-refractivity contribution < 1.29 is 23.5 Å². The number of rotatable bonds is 5. The van der Waals surface area contributed by atoms with Gasteiger partial charge in [0.05, 0.1) is 17.6 Å². The first kappa shape index (κ1) is 18.1. The van der Waals surface area contributed by atoms with Gasteiger partial charge in [0.2, 0.25) is 5.91 Å². The molecule has 2 N–H and O–H groups in total. The molecule has 1 heterocycles. The van der Waals surface area contributed by atoms with Crippen LogP contribution in [-0.4, -0.2) is 24.9 Å². The number of anilines is 2. The molecule has 6 nitrogen and oxygen atoms in total. The van der Waals surface area contributed by atoms with Crippen LogP contribution in [-0.2, 0) is 9.53 Å². The van der Waals surface area contributed by atoms with Gasteiger partial charge in [-0.1, -0.05) is 0 Å². The lowest BCUT2D eigenvalue weighted by Gasteiger charge is -2.05. The fourth-order valence-corrected chi connectivity index (χ4v) is 3.54. The Morgan fingerprint density at radius 1 is 1.15 bits per heavy atom. The summed E-state index contributed by atoms with van der Waals surface area (Å²) in [6.07, 6.45) is 1.64. The molecule has 0 radical (unpaired) electrons. The second-order valence-corrected chi connectivity index (χ2v) is 7.00. The van der Waals surface area contributed by atoms with Crippen LogP contribution < -0.4 is 10.6 Å². The Morgan fingerprint density at radius 3 is 2.38 bits per heavy atom. The molecule has 0 aliphatic heterocycles. The summed E-state index contributed by atoms with van der Waals surface area (Å²) >= 11 is 1.01. The van der Waals surface area contributed by atoms with E-state index in [1.54, 1.807) is 6.92 Å². The van der Waals surface area contributed by atoms with Gasteiger partial charge in [-0.2, -0.15) is 0 Å². The number of carbonyl (C=O) groups is 3. The van der Waals surface area contributed by atoms with Crippen LogP contribution in [0.15, 0.2) is 24.3 Å². The second kappa shape index (κ2) is 7.25. The Bertz CT molecular complexity index is 872. The molecule has 2 aromatic rings. The average molecular weight is 376 g/mol. The summed E-state index contributed by atoms with van der Waals surface area (Å²) in [6.45, 7) is 1.62. The van der Waals surface area contributed by atoms with Crippen molar-refractivity contribution >= 4 is 39.8 Å². The minimum atomic E-state index is -0.620.